The van der Waals surface area contributed by atoms with Gasteiger partial charge < -0.3 is 4.74 Å². The van der Waals surface area contributed by atoms with Crippen LogP contribution >= 0.6 is 12.2 Å². The molecule has 0 aromatic rings. The lowest BCUT2D eigenvalue weighted by Crippen LogP contribution is -2.27. The van der Waals surface area contributed by atoms with E-state index in [0.717, 1.165) is 6.42 Å². The zero-order valence-corrected chi connectivity index (χ0v) is 7.56. The van der Waals surface area contributed by atoms with Crippen LogP contribution in [0.2, 0.25) is 0 Å². The van der Waals surface area contributed by atoms with E-state index in [4.69, 9.17) is 4.74 Å². The average Bonchev–Trinajstić information content (AvgIpc) is 2.01. The highest BCUT2D eigenvalue weighted by Gasteiger charge is 2.17. The summed E-state index contributed by atoms with van der Waals surface area (Å²) in [7, 11) is 0. The van der Waals surface area contributed by atoms with Gasteiger partial charge in [0.05, 0.1) is 23.9 Å². The van der Waals surface area contributed by atoms with Gasteiger partial charge in [0.1, 0.15) is 0 Å². The summed E-state index contributed by atoms with van der Waals surface area (Å²) < 4.78 is 5.61. The van der Waals surface area contributed by atoms with Crippen LogP contribution in [0.25, 0.3) is 0 Å². The molecule has 0 radical (unpaired) electrons. The van der Waals surface area contributed by atoms with Crippen LogP contribution in [0.3, 0.4) is 0 Å². The summed E-state index contributed by atoms with van der Waals surface area (Å²) >= 11 is 4.48. The Hall–Kier alpha value is -0.240. The van der Waals surface area contributed by atoms with Gasteiger partial charge in [-0.1, -0.05) is 0 Å². The third-order valence-corrected chi connectivity index (χ3v) is 2.05. The molecule has 0 saturated carbocycles. The van der Waals surface area contributed by atoms with Gasteiger partial charge in [-0.25, -0.2) is 4.99 Å². The Labute approximate surface area is 72.7 Å². The molecule has 1 aliphatic rings. The number of aliphatic imine (C=N–C) groups is 1. The molecular formula is C8H13NOS. The van der Waals surface area contributed by atoms with Crippen molar-refractivity contribution in [2.45, 2.75) is 38.4 Å². The first-order chi connectivity index (χ1) is 5.33. The van der Waals surface area contributed by atoms with E-state index in [0.29, 0.717) is 12.6 Å². The summed E-state index contributed by atoms with van der Waals surface area (Å²) in [5.74, 6) is 0. The van der Waals surface area contributed by atoms with Gasteiger partial charge in [0.25, 0.3) is 0 Å². The van der Waals surface area contributed by atoms with E-state index in [2.05, 4.69) is 29.3 Å². The minimum Gasteiger partial charge on any atom is -0.373 e. The van der Waals surface area contributed by atoms with Gasteiger partial charge in [-0.2, -0.15) is 0 Å². The molecule has 1 aliphatic heterocycles. The van der Waals surface area contributed by atoms with Gasteiger partial charge >= 0.3 is 0 Å². The van der Waals surface area contributed by atoms with Gasteiger partial charge in [0.15, 0.2) is 0 Å². The minimum atomic E-state index is 0.286. The second-order valence-corrected chi connectivity index (χ2v) is 3.11. The summed E-state index contributed by atoms with van der Waals surface area (Å²) in [6.45, 7) is 2.79. The Morgan fingerprint density at radius 2 is 2.45 bits per heavy atom. The van der Waals surface area contributed by atoms with Crippen molar-refractivity contribution in [2.75, 3.05) is 6.54 Å². The number of isothiocyanates is 1. The van der Waals surface area contributed by atoms with Crippen LogP contribution in [0.4, 0.5) is 0 Å². The standard InChI is InChI=1S/C8H13NOS/c1-7-3-2-4-8(10-7)5-9-6-11/h7-8H,2-5H2,1H3. The Morgan fingerprint density at radius 3 is 3.09 bits per heavy atom. The topological polar surface area (TPSA) is 21.6 Å². The number of hydrogen-bond acceptors (Lipinski definition) is 3. The quantitative estimate of drug-likeness (QED) is 0.468. The Morgan fingerprint density at radius 1 is 1.64 bits per heavy atom. The van der Waals surface area contributed by atoms with Crippen LogP contribution in [0.15, 0.2) is 4.99 Å². The molecule has 1 heterocycles. The van der Waals surface area contributed by atoms with Gasteiger partial charge in [-0.15, -0.1) is 0 Å². The highest BCUT2D eigenvalue weighted by atomic mass is 32.1. The molecule has 0 bridgehead atoms. The molecule has 0 spiro atoms. The highest BCUT2D eigenvalue weighted by Crippen LogP contribution is 2.18. The molecule has 0 aliphatic carbocycles. The number of ether oxygens (including phenoxy) is 1. The van der Waals surface area contributed by atoms with Crippen molar-refractivity contribution in [3.8, 4) is 0 Å². The molecule has 3 heteroatoms. The maximum Gasteiger partial charge on any atom is 0.0781 e. The molecule has 0 aromatic carbocycles. The van der Waals surface area contributed by atoms with Crippen LogP contribution in [-0.4, -0.2) is 23.9 Å². The fraction of sp³-hybridized carbons (Fsp3) is 0.875. The molecule has 1 rings (SSSR count). The average molecular weight is 171 g/mol. The van der Waals surface area contributed by atoms with Gasteiger partial charge in [-0.3, -0.25) is 0 Å². The first-order valence-corrected chi connectivity index (χ1v) is 4.43. The number of rotatable bonds is 2. The van der Waals surface area contributed by atoms with E-state index < -0.39 is 0 Å². The molecule has 0 aromatic heterocycles. The molecule has 0 N–H and O–H groups in total. The summed E-state index contributed by atoms with van der Waals surface area (Å²) in [5, 5.41) is 2.36. The first kappa shape index (κ1) is 8.85. The minimum absolute atomic E-state index is 0.286. The SMILES string of the molecule is CC1CCCC(CN=C=S)O1. The summed E-state index contributed by atoms with van der Waals surface area (Å²) in [5.41, 5.74) is 0. The normalized spacial score (nSPS) is 31.0. The van der Waals surface area contributed by atoms with Crippen molar-refractivity contribution in [1.29, 1.82) is 0 Å². The zero-order chi connectivity index (χ0) is 8.10. The van der Waals surface area contributed by atoms with E-state index in [9.17, 15) is 0 Å². The Bertz CT molecular complexity index is 165. The lowest BCUT2D eigenvalue weighted by Gasteiger charge is -2.26. The summed E-state index contributed by atoms with van der Waals surface area (Å²) in [4.78, 5) is 3.87. The third kappa shape index (κ3) is 3.10. The maximum absolute atomic E-state index is 5.61. The lowest BCUT2D eigenvalue weighted by atomic mass is 10.1. The molecule has 2 nitrogen and oxygen atoms in total. The van der Waals surface area contributed by atoms with Gasteiger partial charge in [-0.05, 0) is 38.4 Å². The van der Waals surface area contributed by atoms with Crippen molar-refractivity contribution in [2.24, 2.45) is 4.99 Å². The second-order valence-electron chi connectivity index (χ2n) is 2.93. The fourth-order valence-electron chi connectivity index (χ4n) is 1.37. The van der Waals surface area contributed by atoms with Crippen molar-refractivity contribution in [1.82, 2.24) is 0 Å². The molecule has 1 saturated heterocycles. The first-order valence-electron chi connectivity index (χ1n) is 4.02. The van der Waals surface area contributed by atoms with Crippen molar-refractivity contribution in [3.63, 3.8) is 0 Å². The Kier molecular flexibility index (Phi) is 3.70. The Balaban J connectivity index is 2.27. The molecule has 11 heavy (non-hydrogen) atoms. The molecule has 62 valence electrons. The smallest absolute Gasteiger partial charge is 0.0781 e. The molecule has 2 unspecified atom stereocenters. The molecule has 2 atom stereocenters. The summed E-state index contributed by atoms with van der Waals surface area (Å²) in [6.07, 6.45) is 4.23. The van der Waals surface area contributed by atoms with E-state index in [1.54, 1.807) is 0 Å². The second kappa shape index (κ2) is 4.60. The van der Waals surface area contributed by atoms with Gasteiger partial charge in [0.2, 0.25) is 0 Å². The van der Waals surface area contributed by atoms with Crippen LogP contribution in [0.1, 0.15) is 26.2 Å². The fourth-order valence-corrected chi connectivity index (χ4v) is 1.45. The van der Waals surface area contributed by atoms with Crippen molar-refractivity contribution < 1.29 is 4.74 Å². The van der Waals surface area contributed by atoms with Crippen LogP contribution < -0.4 is 0 Å². The van der Waals surface area contributed by atoms with Crippen LogP contribution in [0.5, 0.6) is 0 Å². The number of thiocarbonyl (C=S) groups is 1. The largest absolute Gasteiger partial charge is 0.373 e. The summed E-state index contributed by atoms with van der Waals surface area (Å²) in [6, 6.07) is 0. The van der Waals surface area contributed by atoms with E-state index in [-0.39, 0.29) is 6.10 Å². The van der Waals surface area contributed by atoms with Crippen LogP contribution in [-0.2, 0) is 4.74 Å². The van der Waals surface area contributed by atoms with Crippen LogP contribution in [0, 0.1) is 0 Å². The predicted octanol–water partition coefficient (Wildman–Crippen LogP) is 2.05. The van der Waals surface area contributed by atoms with Gasteiger partial charge in [0, 0.05) is 0 Å². The lowest BCUT2D eigenvalue weighted by molar-refractivity contribution is -0.0338. The maximum atomic E-state index is 5.61. The monoisotopic (exact) mass is 171 g/mol. The van der Waals surface area contributed by atoms with E-state index in [1.165, 1.54) is 12.8 Å². The molecular weight excluding hydrogens is 158 g/mol. The van der Waals surface area contributed by atoms with Crippen molar-refractivity contribution in [3.05, 3.63) is 0 Å². The predicted molar refractivity (Wildman–Crippen MR) is 48.1 cm³/mol. The van der Waals surface area contributed by atoms with Crippen molar-refractivity contribution >= 4 is 17.4 Å². The number of nitrogens with zero attached hydrogens (tertiary/aromatic N) is 1. The van der Waals surface area contributed by atoms with E-state index in [1.807, 2.05) is 0 Å². The molecule has 1 fully saturated rings. The molecule has 0 amide bonds. The zero-order valence-electron chi connectivity index (χ0n) is 6.75. The third-order valence-electron chi connectivity index (χ3n) is 1.92. The highest BCUT2D eigenvalue weighted by molar-refractivity contribution is 7.78. The number of hydrogen-bond donors (Lipinski definition) is 0. The van der Waals surface area contributed by atoms with E-state index >= 15 is 0 Å².